The Kier molecular flexibility index (Phi) is 2.32. The summed E-state index contributed by atoms with van der Waals surface area (Å²) >= 11 is 0. The molecule has 0 fully saturated rings. The van der Waals surface area contributed by atoms with Gasteiger partial charge in [-0.15, -0.1) is 0 Å². The normalized spacial score (nSPS) is 11.2. The second kappa shape index (κ2) is 4.17. The zero-order chi connectivity index (χ0) is 14.4. The molecule has 0 spiro atoms. The summed E-state index contributed by atoms with van der Waals surface area (Å²) in [5, 5.41) is 1.10. The first kappa shape index (κ1) is 11.7. The quantitative estimate of drug-likeness (QED) is 0.523. The van der Waals surface area contributed by atoms with Crippen LogP contribution in [0.3, 0.4) is 0 Å². The van der Waals surface area contributed by atoms with Crippen LogP contribution in [0.5, 0.6) is 0 Å². The summed E-state index contributed by atoms with van der Waals surface area (Å²) in [4.78, 5) is 26.4. The molecular weight excluding hydrogens is 266 g/mol. The number of H-pyrrole nitrogens is 2. The van der Waals surface area contributed by atoms with Crippen LogP contribution in [-0.2, 0) is 0 Å². The van der Waals surface area contributed by atoms with Crippen molar-refractivity contribution < 1.29 is 4.79 Å². The van der Waals surface area contributed by atoms with E-state index in [1.807, 2.05) is 30.5 Å². The molecule has 0 bridgehead atoms. The highest BCUT2D eigenvalue weighted by atomic mass is 16.1. The van der Waals surface area contributed by atoms with Crippen molar-refractivity contribution in [2.24, 2.45) is 5.73 Å². The van der Waals surface area contributed by atoms with Crippen molar-refractivity contribution in [1.82, 2.24) is 19.9 Å². The highest BCUT2D eigenvalue weighted by Crippen LogP contribution is 2.27. The second-order valence-corrected chi connectivity index (χ2v) is 4.77. The fourth-order valence-electron chi connectivity index (χ4n) is 2.51. The van der Waals surface area contributed by atoms with Crippen LogP contribution in [0.4, 0.5) is 0 Å². The lowest BCUT2D eigenvalue weighted by Gasteiger charge is -2.03. The smallest absolute Gasteiger partial charge is 0.252 e. The fourth-order valence-corrected chi connectivity index (χ4v) is 2.51. The predicted molar refractivity (Wildman–Crippen MR) is 79.7 cm³/mol. The fraction of sp³-hybridized carbons (Fsp3) is 0. The Labute approximate surface area is 119 Å². The van der Waals surface area contributed by atoms with Crippen molar-refractivity contribution >= 4 is 28.0 Å². The van der Waals surface area contributed by atoms with E-state index >= 15 is 0 Å². The van der Waals surface area contributed by atoms with Gasteiger partial charge in [0.25, 0.3) is 5.91 Å². The number of amides is 1. The number of fused-ring (bicyclic) bond motifs is 2. The number of carbonyl (C=O) groups excluding carboxylic acids is 1. The average Bonchev–Trinajstić information content (AvgIpc) is 3.12. The van der Waals surface area contributed by atoms with Gasteiger partial charge in [0.05, 0.1) is 23.0 Å². The van der Waals surface area contributed by atoms with Crippen LogP contribution in [0, 0.1) is 0 Å². The molecule has 0 saturated heterocycles. The van der Waals surface area contributed by atoms with Gasteiger partial charge in [0.15, 0.2) is 5.65 Å². The third-order valence-corrected chi connectivity index (χ3v) is 3.51. The molecule has 4 aromatic rings. The molecule has 0 radical (unpaired) electrons. The van der Waals surface area contributed by atoms with Gasteiger partial charge in [-0.25, -0.2) is 9.97 Å². The van der Waals surface area contributed by atoms with E-state index in [2.05, 4.69) is 19.9 Å². The molecule has 3 heterocycles. The summed E-state index contributed by atoms with van der Waals surface area (Å²) in [6, 6.07) is 7.94. The van der Waals surface area contributed by atoms with Crippen molar-refractivity contribution in [3.05, 3.63) is 48.4 Å². The molecule has 3 aromatic heterocycles. The Hall–Kier alpha value is -3.15. The monoisotopic (exact) mass is 277 g/mol. The molecule has 1 aromatic carbocycles. The Morgan fingerprint density at radius 1 is 1.19 bits per heavy atom. The minimum absolute atomic E-state index is 0.345. The van der Waals surface area contributed by atoms with E-state index in [1.54, 1.807) is 6.20 Å². The van der Waals surface area contributed by atoms with E-state index in [-0.39, 0.29) is 0 Å². The number of nitrogens with zero attached hydrogens (tertiary/aromatic N) is 2. The summed E-state index contributed by atoms with van der Waals surface area (Å²) in [6.07, 6.45) is 5.09. The maximum absolute atomic E-state index is 11.4. The first-order chi connectivity index (χ1) is 10.2. The van der Waals surface area contributed by atoms with Crippen molar-refractivity contribution in [3.63, 3.8) is 0 Å². The molecule has 21 heavy (non-hydrogen) atoms. The standard InChI is InChI=1S/C15H11N5O/c16-14(21)10-6-18-15-13(10)20-11(7-19-15)9-3-1-2-8-4-5-17-12(8)9/h1-7,17H,(H2,16,21)(H,18,19). The Bertz CT molecular complexity index is 982. The lowest BCUT2D eigenvalue weighted by atomic mass is 10.1. The molecule has 0 atom stereocenters. The number of aromatic amines is 2. The number of benzene rings is 1. The number of hydrogen-bond acceptors (Lipinski definition) is 3. The lowest BCUT2D eigenvalue weighted by molar-refractivity contribution is 0.100. The molecule has 6 heteroatoms. The van der Waals surface area contributed by atoms with E-state index in [9.17, 15) is 4.79 Å². The second-order valence-electron chi connectivity index (χ2n) is 4.77. The number of hydrogen-bond donors (Lipinski definition) is 3. The van der Waals surface area contributed by atoms with Crippen LogP contribution in [-0.4, -0.2) is 25.8 Å². The van der Waals surface area contributed by atoms with Gasteiger partial charge in [-0.05, 0) is 6.07 Å². The Morgan fingerprint density at radius 2 is 2.10 bits per heavy atom. The van der Waals surface area contributed by atoms with E-state index in [1.165, 1.54) is 6.20 Å². The number of primary amides is 1. The van der Waals surface area contributed by atoms with E-state index < -0.39 is 5.91 Å². The summed E-state index contributed by atoms with van der Waals surface area (Å²) in [6.45, 7) is 0. The topological polar surface area (TPSA) is 100 Å². The molecule has 0 aliphatic heterocycles. The van der Waals surface area contributed by atoms with Gasteiger partial charge in [0.2, 0.25) is 0 Å². The molecule has 6 nitrogen and oxygen atoms in total. The van der Waals surface area contributed by atoms with Gasteiger partial charge in [-0.1, -0.05) is 18.2 Å². The van der Waals surface area contributed by atoms with Crippen LogP contribution >= 0.6 is 0 Å². The molecule has 4 N–H and O–H groups in total. The van der Waals surface area contributed by atoms with Gasteiger partial charge in [-0.2, -0.15) is 0 Å². The number of para-hydroxylation sites is 1. The zero-order valence-corrected chi connectivity index (χ0v) is 10.9. The van der Waals surface area contributed by atoms with Crippen LogP contribution in [0.1, 0.15) is 10.4 Å². The maximum Gasteiger partial charge on any atom is 0.252 e. The Balaban J connectivity index is 2.00. The van der Waals surface area contributed by atoms with Gasteiger partial charge in [-0.3, -0.25) is 4.79 Å². The largest absolute Gasteiger partial charge is 0.365 e. The molecule has 0 unspecified atom stereocenters. The lowest BCUT2D eigenvalue weighted by Crippen LogP contribution is -2.10. The minimum Gasteiger partial charge on any atom is -0.365 e. The number of carbonyl (C=O) groups is 1. The maximum atomic E-state index is 11.4. The molecule has 0 saturated carbocycles. The van der Waals surface area contributed by atoms with Crippen molar-refractivity contribution in [1.29, 1.82) is 0 Å². The summed E-state index contributed by atoms with van der Waals surface area (Å²) < 4.78 is 0. The molecule has 102 valence electrons. The third-order valence-electron chi connectivity index (χ3n) is 3.51. The number of nitrogens with one attached hydrogen (secondary N) is 2. The molecular formula is C15H11N5O. The van der Waals surface area contributed by atoms with E-state index in [4.69, 9.17) is 5.73 Å². The van der Waals surface area contributed by atoms with Crippen LogP contribution < -0.4 is 5.73 Å². The SMILES string of the molecule is NC(=O)c1c[nH]c2ncc(-c3cccc4cc[nH]c34)nc12. The average molecular weight is 277 g/mol. The van der Waals surface area contributed by atoms with Crippen molar-refractivity contribution in [2.75, 3.05) is 0 Å². The molecule has 4 rings (SSSR count). The van der Waals surface area contributed by atoms with Gasteiger partial charge < -0.3 is 15.7 Å². The minimum atomic E-state index is -0.522. The van der Waals surface area contributed by atoms with Crippen molar-refractivity contribution in [3.8, 4) is 11.3 Å². The van der Waals surface area contributed by atoms with Gasteiger partial charge >= 0.3 is 0 Å². The first-order valence-electron chi connectivity index (χ1n) is 6.44. The number of nitrogens with two attached hydrogens (primary N) is 1. The van der Waals surface area contributed by atoms with Gasteiger partial charge in [0.1, 0.15) is 5.52 Å². The van der Waals surface area contributed by atoms with Crippen LogP contribution in [0.15, 0.2) is 42.9 Å². The zero-order valence-electron chi connectivity index (χ0n) is 10.9. The number of aromatic nitrogens is 4. The first-order valence-corrected chi connectivity index (χ1v) is 6.44. The van der Waals surface area contributed by atoms with Gasteiger partial charge in [0, 0.05) is 23.3 Å². The highest BCUT2D eigenvalue weighted by molar-refractivity contribution is 6.04. The molecule has 0 aliphatic rings. The molecule has 0 aliphatic carbocycles. The van der Waals surface area contributed by atoms with Crippen molar-refractivity contribution in [2.45, 2.75) is 0 Å². The Morgan fingerprint density at radius 3 is 2.95 bits per heavy atom. The summed E-state index contributed by atoms with van der Waals surface area (Å²) in [7, 11) is 0. The summed E-state index contributed by atoms with van der Waals surface area (Å²) in [5.74, 6) is -0.522. The van der Waals surface area contributed by atoms with E-state index in [0.717, 1.165) is 16.5 Å². The summed E-state index contributed by atoms with van der Waals surface area (Å²) in [5.41, 5.74) is 9.35. The third kappa shape index (κ3) is 1.69. The number of rotatable bonds is 2. The van der Waals surface area contributed by atoms with Crippen LogP contribution in [0.25, 0.3) is 33.3 Å². The van der Waals surface area contributed by atoms with E-state index in [0.29, 0.717) is 22.4 Å². The van der Waals surface area contributed by atoms with Crippen LogP contribution in [0.2, 0.25) is 0 Å². The highest BCUT2D eigenvalue weighted by Gasteiger charge is 2.13. The predicted octanol–water partition coefficient (Wildman–Crippen LogP) is 2.21. The molecule has 1 amide bonds.